The number of hydrogen-bond acceptors (Lipinski definition) is 3. The summed E-state index contributed by atoms with van der Waals surface area (Å²) in [5, 5.41) is 12.6. The predicted molar refractivity (Wildman–Crippen MR) is 60.1 cm³/mol. The van der Waals surface area contributed by atoms with Gasteiger partial charge in [0.15, 0.2) is 0 Å². The van der Waals surface area contributed by atoms with Crippen LogP contribution < -0.4 is 5.32 Å². The molecule has 86 valence electrons. The van der Waals surface area contributed by atoms with Gasteiger partial charge in [-0.05, 0) is 38.1 Å². The standard InChI is InChI=1S/C12H16N2O2/c15-11(16)12(4-7-13-8-5-12)9-10-3-1-2-6-14-10/h1-3,6,13H,4-5,7-9H2,(H,15,16). The number of nitrogens with zero attached hydrogens (tertiary/aromatic N) is 1. The third kappa shape index (κ3) is 2.22. The van der Waals surface area contributed by atoms with Crippen molar-refractivity contribution in [1.29, 1.82) is 0 Å². The number of hydrogen-bond donors (Lipinski definition) is 2. The first-order valence-corrected chi connectivity index (χ1v) is 5.57. The minimum atomic E-state index is -0.695. The first-order valence-electron chi connectivity index (χ1n) is 5.57. The fourth-order valence-electron chi connectivity index (χ4n) is 2.22. The molecule has 1 aromatic heterocycles. The molecule has 0 amide bonds. The van der Waals surface area contributed by atoms with E-state index in [2.05, 4.69) is 10.3 Å². The van der Waals surface area contributed by atoms with Crippen LogP contribution in [-0.2, 0) is 11.2 Å². The molecule has 0 aromatic carbocycles. The highest BCUT2D eigenvalue weighted by Crippen LogP contribution is 2.32. The van der Waals surface area contributed by atoms with Crippen LogP contribution in [0.3, 0.4) is 0 Å². The second kappa shape index (κ2) is 4.61. The SMILES string of the molecule is O=C(O)C1(Cc2ccccn2)CCNCC1. The Bertz CT molecular complexity index is 359. The average molecular weight is 220 g/mol. The number of aliphatic carboxylic acids is 1. The number of rotatable bonds is 3. The number of aromatic nitrogens is 1. The van der Waals surface area contributed by atoms with Crippen molar-refractivity contribution in [3.63, 3.8) is 0 Å². The van der Waals surface area contributed by atoms with Gasteiger partial charge in [-0.2, -0.15) is 0 Å². The summed E-state index contributed by atoms with van der Waals surface area (Å²) >= 11 is 0. The Morgan fingerprint density at radius 3 is 2.75 bits per heavy atom. The van der Waals surface area contributed by atoms with Gasteiger partial charge in [0, 0.05) is 18.3 Å². The number of carbonyl (C=O) groups is 1. The van der Waals surface area contributed by atoms with E-state index < -0.39 is 11.4 Å². The highest BCUT2D eigenvalue weighted by Gasteiger charge is 2.39. The van der Waals surface area contributed by atoms with Gasteiger partial charge in [-0.15, -0.1) is 0 Å². The van der Waals surface area contributed by atoms with Gasteiger partial charge in [-0.3, -0.25) is 9.78 Å². The highest BCUT2D eigenvalue weighted by molar-refractivity contribution is 5.75. The maximum atomic E-state index is 11.4. The van der Waals surface area contributed by atoms with Gasteiger partial charge in [-0.1, -0.05) is 6.07 Å². The van der Waals surface area contributed by atoms with Crippen molar-refractivity contribution in [2.45, 2.75) is 19.3 Å². The van der Waals surface area contributed by atoms with Crippen LogP contribution in [0.25, 0.3) is 0 Å². The average Bonchev–Trinajstić information content (AvgIpc) is 2.31. The predicted octanol–water partition coefficient (Wildman–Crippen LogP) is 1.08. The second-order valence-electron chi connectivity index (χ2n) is 4.33. The van der Waals surface area contributed by atoms with Crippen LogP contribution in [0, 0.1) is 5.41 Å². The number of nitrogens with one attached hydrogen (secondary N) is 1. The molecule has 2 N–H and O–H groups in total. The first-order chi connectivity index (χ1) is 7.73. The highest BCUT2D eigenvalue weighted by atomic mass is 16.4. The van der Waals surface area contributed by atoms with Crippen molar-refractivity contribution >= 4 is 5.97 Å². The third-order valence-electron chi connectivity index (χ3n) is 3.26. The second-order valence-corrected chi connectivity index (χ2v) is 4.33. The molecule has 2 rings (SSSR count). The summed E-state index contributed by atoms with van der Waals surface area (Å²) in [5.41, 5.74) is 0.242. The molecule has 0 unspecified atom stereocenters. The Kier molecular flexibility index (Phi) is 3.19. The monoisotopic (exact) mass is 220 g/mol. The number of carboxylic acid groups (broad SMARTS) is 1. The summed E-state index contributed by atoms with van der Waals surface area (Å²) in [6, 6.07) is 5.64. The zero-order valence-electron chi connectivity index (χ0n) is 9.15. The molecule has 0 aliphatic carbocycles. The van der Waals surface area contributed by atoms with E-state index in [-0.39, 0.29) is 0 Å². The van der Waals surface area contributed by atoms with Gasteiger partial charge in [0.25, 0.3) is 0 Å². The van der Waals surface area contributed by atoms with Crippen molar-refractivity contribution in [1.82, 2.24) is 10.3 Å². The molecule has 1 aromatic rings. The Morgan fingerprint density at radius 2 is 2.19 bits per heavy atom. The van der Waals surface area contributed by atoms with Crippen molar-refractivity contribution in [3.8, 4) is 0 Å². The van der Waals surface area contributed by atoms with Crippen molar-refractivity contribution in [2.75, 3.05) is 13.1 Å². The lowest BCUT2D eigenvalue weighted by Crippen LogP contribution is -2.43. The molecule has 2 heterocycles. The topological polar surface area (TPSA) is 62.2 Å². The van der Waals surface area contributed by atoms with E-state index in [1.165, 1.54) is 0 Å². The van der Waals surface area contributed by atoms with E-state index in [9.17, 15) is 9.90 Å². The van der Waals surface area contributed by atoms with Crippen LogP contribution in [-0.4, -0.2) is 29.1 Å². The number of piperidine rings is 1. The zero-order chi connectivity index (χ0) is 11.4. The van der Waals surface area contributed by atoms with Crippen LogP contribution in [0.5, 0.6) is 0 Å². The summed E-state index contributed by atoms with van der Waals surface area (Å²) in [7, 11) is 0. The lowest BCUT2D eigenvalue weighted by molar-refractivity contribution is -0.150. The minimum absolute atomic E-state index is 0.533. The van der Waals surface area contributed by atoms with Crippen LogP contribution in [0.4, 0.5) is 0 Å². The maximum absolute atomic E-state index is 11.4. The van der Waals surface area contributed by atoms with Gasteiger partial charge < -0.3 is 10.4 Å². The number of carboxylic acids is 1. The molecule has 1 saturated heterocycles. The Morgan fingerprint density at radius 1 is 1.44 bits per heavy atom. The summed E-state index contributed by atoms with van der Waals surface area (Å²) in [5.74, 6) is -0.695. The van der Waals surface area contributed by atoms with Crippen molar-refractivity contribution in [2.24, 2.45) is 5.41 Å². The van der Waals surface area contributed by atoms with Gasteiger partial charge >= 0.3 is 5.97 Å². The van der Waals surface area contributed by atoms with Crippen molar-refractivity contribution in [3.05, 3.63) is 30.1 Å². The quantitative estimate of drug-likeness (QED) is 0.800. The first kappa shape index (κ1) is 11.1. The Labute approximate surface area is 94.7 Å². The van der Waals surface area contributed by atoms with Crippen LogP contribution >= 0.6 is 0 Å². The van der Waals surface area contributed by atoms with Crippen LogP contribution in [0.15, 0.2) is 24.4 Å². The molecule has 0 saturated carbocycles. The molecule has 0 atom stereocenters. The summed E-state index contributed by atoms with van der Waals surface area (Å²) in [6.07, 6.45) is 3.61. The molecule has 0 radical (unpaired) electrons. The molecular weight excluding hydrogens is 204 g/mol. The van der Waals surface area contributed by atoms with E-state index in [0.717, 1.165) is 18.8 Å². The van der Waals surface area contributed by atoms with E-state index in [1.54, 1.807) is 6.20 Å². The van der Waals surface area contributed by atoms with E-state index >= 15 is 0 Å². The van der Waals surface area contributed by atoms with Crippen molar-refractivity contribution < 1.29 is 9.90 Å². The molecule has 16 heavy (non-hydrogen) atoms. The molecule has 0 bridgehead atoms. The minimum Gasteiger partial charge on any atom is -0.481 e. The van der Waals surface area contributed by atoms with E-state index in [4.69, 9.17) is 0 Å². The maximum Gasteiger partial charge on any atom is 0.310 e. The molecule has 4 nitrogen and oxygen atoms in total. The van der Waals surface area contributed by atoms with Gasteiger partial charge in [0.1, 0.15) is 0 Å². The molecule has 1 aliphatic heterocycles. The molecule has 1 aliphatic rings. The van der Waals surface area contributed by atoms with E-state index in [1.807, 2.05) is 18.2 Å². The Balaban J connectivity index is 2.17. The van der Waals surface area contributed by atoms with Gasteiger partial charge in [0.2, 0.25) is 0 Å². The fourth-order valence-corrected chi connectivity index (χ4v) is 2.22. The molecule has 1 fully saturated rings. The fraction of sp³-hybridized carbons (Fsp3) is 0.500. The zero-order valence-corrected chi connectivity index (χ0v) is 9.15. The van der Waals surface area contributed by atoms with Gasteiger partial charge in [-0.25, -0.2) is 0 Å². The smallest absolute Gasteiger partial charge is 0.310 e. The molecular formula is C12H16N2O2. The largest absolute Gasteiger partial charge is 0.481 e. The summed E-state index contributed by atoms with van der Waals surface area (Å²) in [4.78, 5) is 15.6. The van der Waals surface area contributed by atoms with Crippen LogP contribution in [0.1, 0.15) is 18.5 Å². The van der Waals surface area contributed by atoms with E-state index in [0.29, 0.717) is 19.3 Å². The summed E-state index contributed by atoms with van der Waals surface area (Å²) < 4.78 is 0. The Hall–Kier alpha value is -1.42. The van der Waals surface area contributed by atoms with Crippen LogP contribution in [0.2, 0.25) is 0 Å². The third-order valence-corrected chi connectivity index (χ3v) is 3.26. The lowest BCUT2D eigenvalue weighted by Gasteiger charge is -2.33. The molecule has 4 heteroatoms. The molecule has 0 spiro atoms. The van der Waals surface area contributed by atoms with Gasteiger partial charge in [0.05, 0.1) is 5.41 Å². The summed E-state index contributed by atoms with van der Waals surface area (Å²) in [6.45, 7) is 1.55. The normalized spacial score (nSPS) is 19.2. The number of pyridine rings is 1. The lowest BCUT2D eigenvalue weighted by atomic mass is 9.75.